The van der Waals surface area contributed by atoms with Crippen molar-refractivity contribution in [1.82, 2.24) is 10.2 Å². The fourth-order valence-electron chi connectivity index (χ4n) is 2.77. The minimum Gasteiger partial charge on any atom is -0.378 e. The topological polar surface area (TPSA) is 41.6 Å². The maximum absolute atomic E-state index is 10.8. The minimum atomic E-state index is -0.246. The minimum absolute atomic E-state index is 0.0787. The summed E-state index contributed by atoms with van der Waals surface area (Å²) in [6.07, 6.45) is 2.57. The number of piperidine rings is 1. The lowest BCUT2D eigenvalue weighted by molar-refractivity contribution is -0.123. The van der Waals surface area contributed by atoms with Gasteiger partial charge in [-0.25, -0.2) is 0 Å². The summed E-state index contributed by atoms with van der Waals surface area (Å²) < 4.78 is 6.01. The van der Waals surface area contributed by atoms with E-state index in [-0.39, 0.29) is 11.6 Å². The number of rotatable bonds is 3. The zero-order valence-corrected chi connectivity index (χ0v) is 12.3. The fourth-order valence-corrected chi connectivity index (χ4v) is 2.82. The van der Waals surface area contributed by atoms with Crippen LogP contribution >= 0.6 is 11.6 Å². The highest BCUT2D eigenvalue weighted by atomic mass is 35.5. The van der Waals surface area contributed by atoms with E-state index in [1.54, 1.807) is 4.90 Å². The molecule has 0 aromatic carbocycles. The number of carbonyl (C=O) groups is 1. The Bertz CT molecular complexity index is 408. The number of hydrogen-bond acceptors (Lipinski definition) is 3. The predicted molar refractivity (Wildman–Crippen MR) is 75.8 cm³/mol. The lowest BCUT2D eigenvalue weighted by Crippen LogP contribution is -2.54. The second-order valence-corrected chi connectivity index (χ2v) is 5.96. The highest BCUT2D eigenvalue weighted by Crippen LogP contribution is 2.38. The third-order valence-corrected chi connectivity index (χ3v) is 4.43. The van der Waals surface area contributed by atoms with E-state index in [1.165, 1.54) is 0 Å². The average Bonchev–Trinajstić information content (AvgIpc) is 2.69. The monoisotopic (exact) mass is 284 g/mol. The standard InChI is InChI=1S/C14H21ClN2O2/c1-10-8-19-14(4-6-17(9-18)7-5-14)13(10)16-12(3)11(2)15/h9,13,16H,1,4-8H2,2-3H3/b12-11+. The van der Waals surface area contributed by atoms with Gasteiger partial charge in [-0.1, -0.05) is 18.2 Å². The summed E-state index contributed by atoms with van der Waals surface area (Å²) in [5.41, 5.74) is 1.76. The van der Waals surface area contributed by atoms with Crippen LogP contribution in [0.15, 0.2) is 22.9 Å². The van der Waals surface area contributed by atoms with Crippen LogP contribution in [0.3, 0.4) is 0 Å². The van der Waals surface area contributed by atoms with Gasteiger partial charge in [0.05, 0.1) is 18.2 Å². The number of likely N-dealkylation sites (tertiary alicyclic amines) is 1. The Kier molecular flexibility index (Phi) is 4.21. The largest absolute Gasteiger partial charge is 0.378 e. The first-order valence-electron chi connectivity index (χ1n) is 6.59. The number of nitrogens with one attached hydrogen (secondary N) is 1. The van der Waals surface area contributed by atoms with Gasteiger partial charge in [0.15, 0.2) is 0 Å². The number of ether oxygens (including phenoxy) is 1. The van der Waals surface area contributed by atoms with Crippen LogP contribution in [0.2, 0.25) is 0 Å². The van der Waals surface area contributed by atoms with Crippen LogP contribution < -0.4 is 5.32 Å². The van der Waals surface area contributed by atoms with E-state index in [0.717, 1.165) is 48.6 Å². The molecule has 2 fully saturated rings. The number of carbonyl (C=O) groups excluding carboxylic acids is 1. The smallest absolute Gasteiger partial charge is 0.209 e. The molecule has 1 amide bonds. The molecule has 2 heterocycles. The van der Waals surface area contributed by atoms with Gasteiger partial charge in [-0.3, -0.25) is 4.79 Å². The van der Waals surface area contributed by atoms with Crippen molar-refractivity contribution >= 4 is 18.0 Å². The van der Waals surface area contributed by atoms with Crippen LogP contribution in [0.4, 0.5) is 0 Å². The van der Waals surface area contributed by atoms with E-state index >= 15 is 0 Å². The van der Waals surface area contributed by atoms with Crippen molar-refractivity contribution in [3.05, 3.63) is 22.9 Å². The second kappa shape index (κ2) is 5.55. The maximum atomic E-state index is 10.8. The van der Waals surface area contributed by atoms with Crippen molar-refractivity contribution in [2.75, 3.05) is 19.7 Å². The third-order valence-electron chi connectivity index (χ3n) is 4.15. The quantitative estimate of drug-likeness (QED) is 0.637. The molecule has 2 rings (SSSR count). The summed E-state index contributed by atoms with van der Waals surface area (Å²) in [5.74, 6) is 0. The van der Waals surface area contributed by atoms with Gasteiger partial charge in [0, 0.05) is 23.8 Å². The molecule has 0 bridgehead atoms. The van der Waals surface area contributed by atoms with E-state index in [2.05, 4.69) is 11.9 Å². The fraction of sp³-hybridized carbons (Fsp3) is 0.643. The van der Waals surface area contributed by atoms with Gasteiger partial charge in [-0.15, -0.1) is 0 Å². The molecule has 0 saturated carbocycles. The normalized spacial score (nSPS) is 27.4. The van der Waals surface area contributed by atoms with Crippen LogP contribution in [0.25, 0.3) is 0 Å². The molecule has 2 aliphatic heterocycles. The molecule has 0 aromatic rings. The van der Waals surface area contributed by atoms with E-state index in [1.807, 2.05) is 13.8 Å². The highest BCUT2D eigenvalue weighted by Gasteiger charge is 2.48. The van der Waals surface area contributed by atoms with Gasteiger partial charge in [0.2, 0.25) is 6.41 Å². The maximum Gasteiger partial charge on any atom is 0.209 e. The number of allylic oxidation sites excluding steroid dienone is 2. The Morgan fingerprint density at radius 3 is 2.68 bits per heavy atom. The van der Waals surface area contributed by atoms with Gasteiger partial charge in [-0.2, -0.15) is 0 Å². The molecule has 4 nitrogen and oxygen atoms in total. The zero-order chi connectivity index (χ0) is 14.0. The van der Waals surface area contributed by atoms with E-state index in [9.17, 15) is 4.79 Å². The van der Waals surface area contributed by atoms with Crippen molar-refractivity contribution in [3.63, 3.8) is 0 Å². The molecule has 0 radical (unpaired) electrons. The van der Waals surface area contributed by atoms with Gasteiger partial charge < -0.3 is 15.0 Å². The SMILES string of the molecule is C=C1COC2(CCN(C=O)CC2)C1N/C(C)=C(\C)Cl. The van der Waals surface area contributed by atoms with Crippen LogP contribution in [-0.4, -0.2) is 42.6 Å². The predicted octanol–water partition coefficient (Wildman–Crippen LogP) is 2.01. The van der Waals surface area contributed by atoms with Crippen molar-refractivity contribution in [3.8, 4) is 0 Å². The first kappa shape index (κ1) is 14.4. The van der Waals surface area contributed by atoms with E-state index < -0.39 is 0 Å². The number of nitrogens with zero attached hydrogens (tertiary/aromatic N) is 1. The van der Waals surface area contributed by atoms with Gasteiger partial charge in [-0.05, 0) is 32.3 Å². The van der Waals surface area contributed by atoms with Crippen molar-refractivity contribution in [1.29, 1.82) is 0 Å². The molecule has 1 unspecified atom stereocenters. The number of amides is 1. The van der Waals surface area contributed by atoms with Crippen molar-refractivity contribution < 1.29 is 9.53 Å². The number of halogens is 1. The van der Waals surface area contributed by atoms with Crippen LogP contribution in [0.1, 0.15) is 26.7 Å². The highest BCUT2D eigenvalue weighted by molar-refractivity contribution is 6.29. The Balaban J connectivity index is 2.13. The molecule has 5 heteroatoms. The molecule has 0 aromatic heterocycles. The van der Waals surface area contributed by atoms with E-state index in [0.29, 0.717) is 6.61 Å². The molecule has 1 spiro atoms. The lowest BCUT2D eigenvalue weighted by Gasteiger charge is -2.41. The van der Waals surface area contributed by atoms with Crippen molar-refractivity contribution in [2.24, 2.45) is 0 Å². The average molecular weight is 285 g/mol. The first-order chi connectivity index (χ1) is 8.98. The molecule has 2 saturated heterocycles. The molecule has 0 aliphatic carbocycles. The van der Waals surface area contributed by atoms with Crippen LogP contribution in [-0.2, 0) is 9.53 Å². The molecular weight excluding hydrogens is 264 g/mol. The third kappa shape index (κ3) is 2.79. The van der Waals surface area contributed by atoms with Crippen LogP contribution in [0, 0.1) is 0 Å². The van der Waals surface area contributed by atoms with Gasteiger partial charge in [0.25, 0.3) is 0 Å². The summed E-state index contributed by atoms with van der Waals surface area (Å²) in [6, 6.07) is 0.0787. The van der Waals surface area contributed by atoms with E-state index in [4.69, 9.17) is 16.3 Å². The summed E-state index contributed by atoms with van der Waals surface area (Å²) in [5, 5.41) is 4.19. The van der Waals surface area contributed by atoms with Crippen molar-refractivity contribution in [2.45, 2.75) is 38.3 Å². The summed E-state index contributed by atoms with van der Waals surface area (Å²) in [4.78, 5) is 12.6. The Morgan fingerprint density at radius 1 is 1.53 bits per heavy atom. The molecule has 19 heavy (non-hydrogen) atoms. The summed E-state index contributed by atoms with van der Waals surface area (Å²) >= 11 is 6.02. The zero-order valence-electron chi connectivity index (χ0n) is 11.5. The lowest BCUT2D eigenvalue weighted by atomic mass is 9.83. The second-order valence-electron chi connectivity index (χ2n) is 5.39. The Morgan fingerprint density at radius 2 is 2.16 bits per heavy atom. The molecule has 2 aliphatic rings. The molecule has 1 atom stereocenters. The summed E-state index contributed by atoms with van der Waals surface area (Å²) in [6.45, 7) is 9.97. The Labute approximate surface area is 119 Å². The van der Waals surface area contributed by atoms with Crippen LogP contribution in [0.5, 0.6) is 0 Å². The number of hydrogen-bond donors (Lipinski definition) is 1. The molecule has 106 valence electrons. The molecule has 1 N–H and O–H groups in total. The van der Waals surface area contributed by atoms with Gasteiger partial charge in [0.1, 0.15) is 0 Å². The molecular formula is C14H21ClN2O2. The Hall–Kier alpha value is -1.00. The van der Waals surface area contributed by atoms with Gasteiger partial charge >= 0.3 is 0 Å². The summed E-state index contributed by atoms with van der Waals surface area (Å²) in [7, 11) is 0. The first-order valence-corrected chi connectivity index (χ1v) is 6.97.